The molecular weight excluding hydrogens is 553 g/mol. The number of rotatable bonds is 5. The first kappa shape index (κ1) is 27.2. The van der Waals surface area contributed by atoms with E-state index in [1.165, 1.54) is 35.9 Å². The predicted molar refractivity (Wildman–Crippen MR) is 150 cm³/mol. The monoisotopic (exact) mass is 575 g/mol. The molecule has 14 heteroatoms. The Hall–Kier alpha value is -5.37. The quantitative estimate of drug-likeness (QED) is 0.184. The summed E-state index contributed by atoms with van der Waals surface area (Å²) in [6.07, 6.45) is 2.96. The number of thiazole rings is 1. The summed E-state index contributed by atoms with van der Waals surface area (Å²) in [4.78, 5) is 44.6. The van der Waals surface area contributed by atoms with Gasteiger partial charge in [0.15, 0.2) is 16.4 Å². The third-order valence-corrected chi connectivity index (χ3v) is 7.02. The largest absolute Gasteiger partial charge is 0.508 e. The Labute approximate surface area is 234 Å². The van der Waals surface area contributed by atoms with Crippen LogP contribution in [-0.4, -0.2) is 50.6 Å². The fourth-order valence-electron chi connectivity index (χ4n) is 4.17. The second-order valence-corrected chi connectivity index (χ2v) is 9.72. The molecule has 0 radical (unpaired) electrons. The SMILES string of the molecule is Cc1csc2nc(C(C)Nc3ncnc4nc[nH]c34)c(-c3cccc(F)c3)c(=O)n12.O=C(O)c1cc(O)ccc1O. The number of fused-ring (bicyclic) bond motifs is 2. The van der Waals surface area contributed by atoms with E-state index in [0.29, 0.717) is 38.8 Å². The molecular formula is C27H22FN7O5S. The number of aryl methyl sites for hydroxylation is 1. The number of benzene rings is 2. The van der Waals surface area contributed by atoms with Crippen LogP contribution in [0.1, 0.15) is 34.7 Å². The molecule has 2 aromatic carbocycles. The Morgan fingerprint density at radius 1 is 1.15 bits per heavy atom. The van der Waals surface area contributed by atoms with E-state index in [-0.39, 0.29) is 22.6 Å². The molecule has 1 atom stereocenters. The number of aromatic hydroxyl groups is 2. The maximum absolute atomic E-state index is 14.0. The van der Waals surface area contributed by atoms with Crippen molar-refractivity contribution in [1.29, 1.82) is 0 Å². The number of aromatic carboxylic acids is 1. The number of anilines is 1. The number of halogens is 1. The van der Waals surface area contributed by atoms with Crippen LogP contribution in [0.15, 0.2) is 65.3 Å². The highest BCUT2D eigenvalue weighted by atomic mass is 32.1. The molecule has 4 heterocycles. The average Bonchev–Trinajstić information content (AvgIpc) is 3.57. The lowest BCUT2D eigenvalue weighted by Gasteiger charge is -2.18. The Balaban J connectivity index is 0.000000259. The lowest BCUT2D eigenvalue weighted by atomic mass is 10.0. The fraction of sp³-hybridized carbons (Fsp3) is 0.111. The van der Waals surface area contributed by atoms with E-state index in [1.807, 2.05) is 19.2 Å². The molecule has 0 bridgehead atoms. The molecule has 5 N–H and O–H groups in total. The summed E-state index contributed by atoms with van der Waals surface area (Å²) in [6.45, 7) is 3.73. The molecule has 0 aliphatic rings. The second kappa shape index (κ2) is 11.0. The van der Waals surface area contributed by atoms with Gasteiger partial charge in [0.1, 0.15) is 34.7 Å². The summed E-state index contributed by atoms with van der Waals surface area (Å²) in [5.41, 5.74) is 2.77. The van der Waals surface area contributed by atoms with Gasteiger partial charge in [-0.15, -0.1) is 11.3 Å². The van der Waals surface area contributed by atoms with Crippen LogP contribution < -0.4 is 10.9 Å². The maximum Gasteiger partial charge on any atom is 0.339 e. The zero-order valence-electron chi connectivity index (χ0n) is 21.5. The minimum atomic E-state index is -1.27. The van der Waals surface area contributed by atoms with Crippen LogP contribution in [0.3, 0.4) is 0 Å². The number of aromatic amines is 1. The summed E-state index contributed by atoms with van der Waals surface area (Å²) in [5.74, 6) is -1.67. The zero-order chi connectivity index (χ0) is 29.3. The summed E-state index contributed by atoms with van der Waals surface area (Å²) in [7, 11) is 0. The smallest absolute Gasteiger partial charge is 0.339 e. The molecule has 6 aromatic rings. The van der Waals surface area contributed by atoms with E-state index >= 15 is 0 Å². The minimum Gasteiger partial charge on any atom is -0.508 e. The first-order valence-corrected chi connectivity index (χ1v) is 12.9. The molecule has 0 aliphatic heterocycles. The van der Waals surface area contributed by atoms with Crippen molar-refractivity contribution in [3.8, 4) is 22.6 Å². The summed E-state index contributed by atoms with van der Waals surface area (Å²) >= 11 is 1.39. The zero-order valence-corrected chi connectivity index (χ0v) is 22.3. The number of carbonyl (C=O) groups is 1. The van der Waals surface area contributed by atoms with Crippen LogP contribution in [-0.2, 0) is 0 Å². The number of hydrogen-bond acceptors (Lipinski definition) is 10. The lowest BCUT2D eigenvalue weighted by molar-refractivity contribution is 0.0693. The Bertz CT molecular complexity index is 1970. The average molecular weight is 576 g/mol. The van der Waals surface area contributed by atoms with Crippen molar-refractivity contribution in [2.24, 2.45) is 0 Å². The number of nitrogens with one attached hydrogen (secondary N) is 2. The van der Waals surface area contributed by atoms with Crippen molar-refractivity contribution >= 4 is 39.2 Å². The van der Waals surface area contributed by atoms with Gasteiger partial charge in [-0.1, -0.05) is 12.1 Å². The number of imidazole rings is 1. The van der Waals surface area contributed by atoms with E-state index in [2.05, 4.69) is 25.3 Å². The van der Waals surface area contributed by atoms with Crippen LogP contribution >= 0.6 is 11.3 Å². The first-order chi connectivity index (χ1) is 19.6. The van der Waals surface area contributed by atoms with Crippen molar-refractivity contribution in [1.82, 2.24) is 29.3 Å². The normalized spacial score (nSPS) is 11.7. The fourth-order valence-corrected chi connectivity index (χ4v) is 5.03. The highest BCUT2D eigenvalue weighted by molar-refractivity contribution is 7.15. The molecule has 0 saturated carbocycles. The number of phenols is 2. The van der Waals surface area contributed by atoms with Crippen molar-refractivity contribution < 1.29 is 24.5 Å². The molecule has 12 nitrogen and oxygen atoms in total. The number of hydrogen-bond donors (Lipinski definition) is 5. The predicted octanol–water partition coefficient (Wildman–Crippen LogP) is 4.51. The third kappa shape index (κ3) is 5.40. The molecule has 0 aliphatic carbocycles. The van der Waals surface area contributed by atoms with E-state index in [0.717, 1.165) is 17.8 Å². The molecule has 41 heavy (non-hydrogen) atoms. The van der Waals surface area contributed by atoms with E-state index in [1.54, 1.807) is 22.9 Å². The van der Waals surface area contributed by atoms with Gasteiger partial charge in [0, 0.05) is 11.1 Å². The van der Waals surface area contributed by atoms with Crippen molar-refractivity contribution in [3.05, 3.63) is 93.6 Å². The van der Waals surface area contributed by atoms with Crippen molar-refractivity contribution in [3.63, 3.8) is 0 Å². The number of carboxylic acid groups (broad SMARTS) is 1. The molecule has 4 aromatic heterocycles. The Kier molecular flexibility index (Phi) is 7.31. The van der Waals surface area contributed by atoms with Crippen molar-refractivity contribution in [2.45, 2.75) is 19.9 Å². The Morgan fingerprint density at radius 2 is 1.95 bits per heavy atom. The van der Waals surface area contributed by atoms with Crippen LogP contribution in [0.25, 0.3) is 27.3 Å². The lowest BCUT2D eigenvalue weighted by Crippen LogP contribution is -2.23. The highest BCUT2D eigenvalue weighted by Crippen LogP contribution is 2.29. The number of nitrogens with zero attached hydrogens (tertiary/aromatic N) is 5. The molecule has 0 fully saturated rings. The van der Waals surface area contributed by atoms with Gasteiger partial charge in [-0.2, -0.15) is 0 Å². The van der Waals surface area contributed by atoms with Gasteiger partial charge in [0.2, 0.25) is 0 Å². The molecule has 0 spiro atoms. The van der Waals surface area contributed by atoms with Gasteiger partial charge in [-0.05, 0) is 49.7 Å². The van der Waals surface area contributed by atoms with Gasteiger partial charge in [0.05, 0.1) is 23.6 Å². The van der Waals surface area contributed by atoms with Crippen LogP contribution in [0.4, 0.5) is 10.2 Å². The number of H-pyrrole nitrogens is 1. The van der Waals surface area contributed by atoms with Crippen LogP contribution in [0, 0.1) is 12.7 Å². The second-order valence-electron chi connectivity index (χ2n) is 8.88. The maximum atomic E-state index is 14.0. The molecule has 208 valence electrons. The van der Waals surface area contributed by atoms with Gasteiger partial charge < -0.3 is 25.6 Å². The molecule has 6 rings (SSSR count). The van der Waals surface area contributed by atoms with Crippen LogP contribution in [0.2, 0.25) is 0 Å². The number of aromatic nitrogens is 6. The van der Waals surface area contributed by atoms with Gasteiger partial charge in [0.25, 0.3) is 5.56 Å². The third-order valence-electron chi connectivity index (χ3n) is 6.08. The van der Waals surface area contributed by atoms with Crippen LogP contribution in [0.5, 0.6) is 11.5 Å². The molecule has 1 unspecified atom stereocenters. The molecule has 0 saturated heterocycles. The summed E-state index contributed by atoms with van der Waals surface area (Å²) < 4.78 is 15.5. The van der Waals surface area contributed by atoms with E-state index in [9.17, 15) is 14.0 Å². The highest BCUT2D eigenvalue weighted by Gasteiger charge is 2.22. The summed E-state index contributed by atoms with van der Waals surface area (Å²) in [6, 6.07) is 8.91. The van der Waals surface area contributed by atoms with Gasteiger partial charge in [-0.25, -0.2) is 29.1 Å². The Morgan fingerprint density at radius 3 is 2.68 bits per heavy atom. The number of carboxylic acids is 1. The van der Waals surface area contributed by atoms with E-state index < -0.39 is 17.8 Å². The standard InChI is InChI=1S/C20H16FN7OS.C7H6O4/c1-10-7-30-20-27-15(11(2)26-18-16-17(23-8-22-16)24-9-25-18)14(19(29)28(10)20)12-4-3-5-13(21)6-12;8-4-1-2-6(9)5(3-4)7(10)11/h3-9,11H,1-2H3,(H2,22,23,24,25,26);1-3,8-9H,(H,10,11). The van der Waals surface area contributed by atoms with Crippen molar-refractivity contribution in [2.75, 3.05) is 5.32 Å². The van der Waals surface area contributed by atoms with Gasteiger partial charge >= 0.3 is 5.97 Å². The number of phenolic OH excluding ortho intramolecular Hbond substituents is 1. The molecule has 0 amide bonds. The minimum absolute atomic E-state index is 0.180. The summed E-state index contributed by atoms with van der Waals surface area (Å²) in [5, 5.41) is 31.3. The topological polar surface area (TPSA) is 179 Å². The van der Waals surface area contributed by atoms with E-state index in [4.69, 9.17) is 20.3 Å². The first-order valence-electron chi connectivity index (χ1n) is 12.1. The van der Waals surface area contributed by atoms with Gasteiger partial charge in [-0.3, -0.25) is 9.20 Å².